The van der Waals surface area contributed by atoms with E-state index in [0.29, 0.717) is 35.3 Å². The summed E-state index contributed by atoms with van der Waals surface area (Å²) in [7, 11) is 3.08. The Kier molecular flexibility index (Phi) is 8.48. The van der Waals surface area contributed by atoms with Crippen LogP contribution in [0.2, 0.25) is 0 Å². The lowest BCUT2D eigenvalue weighted by molar-refractivity contribution is -0.148. The summed E-state index contributed by atoms with van der Waals surface area (Å²) >= 11 is 1.64. The summed E-state index contributed by atoms with van der Waals surface area (Å²) in [6.45, 7) is 6.66. The van der Waals surface area contributed by atoms with Crippen molar-refractivity contribution in [1.82, 2.24) is 4.90 Å². The van der Waals surface area contributed by atoms with Crippen molar-refractivity contribution in [3.63, 3.8) is 0 Å². The van der Waals surface area contributed by atoms with Gasteiger partial charge < -0.3 is 19.1 Å². The molecule has 0 radical (unpaired) electrons. The van der Waals surface area contributed by atoms with E-state index in [9.17, 15) is 9.59 Å². The molecule has 2 rings (SSSR count). The number of amides is 1. The van der Waals surface area contributed by atoms with E-state index in [4.69, 9.17) is 14.2 Å². The molecule has 1 aromatic carbocycles. The van der Waals surface area contributed by atoms with E-state index < -0.39 is 6.04 Å². The predicted molar refractivity (Wildman–Crippen MR) is 111 cm³/mol. The average Bonchev–Trinajstić information content (AvgIpc) is 3.09. The standard InChI is InChI=1S/C21H31NO5S/c1-6-7-10-27-21(24)17-13-28-19(11-14(2)3)22(17)20(23)16-9-8-15(25-4)12-18(16)26-5/h8-9,12,14,17,19H,6-7,10-11,13H2,1-5H3. The highest BCUT2D eigenvalue weighted by Gasteiger charge is 2.43. The molecule has 0 spiro atoms. The molecule has 7 heteroatoms. The van der Waals surface area contributed by atoms with Gasteiger partial charge in [0.15, 0.2) is 0 Å². The van der Waals surface area contributed by atoms with Gasteiger partial charge in [0.25, 0.3) is 5.91 Å². The summed E-state index contributed by atoms with van der Waals surface area (Å²) in [6, 6.07) is 4.52. The summed E-state index contributed by atoms with van der Waals surface area (Å²) in [5, 5.41) is -0.0666. The summed E-state index contributed by atoms with van der Waals surface area (Å²) in [4.78, 5) is 27.8. The molecule has 1 aromatic rings. The first kappa shape index (κ1) is 22.4. The lowest BCUT2D eigenvalue weighted by atomic mass is 10.1. The van der Waals surface area contributed by atoms with E-state index in [1.54, 1.807) is 42.0 Å². The SMILES string of the molecule is CCCCOC(=O)C1CSC(CC(C)C)N1C(=O)c1ccc(OC)cc1OC. The fourth-order valence-corrected chi connectivity index (χ4v) is 4.76. The van der Waals surface area contributed by atoms with Crippen LogP contribution < -0.4 is 9.47 Å². The molecule has 1 aliphatic heterocycles. The Labute approximate surface area is 171 Å². The fourth-order valence-electron chi connectivity index (χ4n) is 3.13. The molecule has 0 aromatic heterocycles. The highest BCUT2D eigenvalue weighted by atomic mass is 32.2. The highest BCUT2D eigenvalue weighted by Crippen LogP contribution is 2.37. The van der Waals surface area contributed by atoms with Gasteiger partial charge in [0.2, 0.25) is 0 Å². The van der Waals surface area contributed by atoms with Gasteiger partial charge in [-0.15, -0.1) is 11.8 Å². The summed E-state index contributed by atoms with van der Waals surface area (Å²) in [6.07, 6.45) is 2.59. The van der Waals surface area contributed by atoms with Gasteiger partial charge in [0.1, 0.15) is 17.5 Å². The van der Waals surface area contributed by atoms with Crippen molar-refractivity contribution in [2.45, 2.75) is 51.4 Å². The monoisotopic (exact) mass is 409 g/mol. The minimum absolute atomic E-state index is 0.0666. The molecular formula is C21H31NO5S. The molecule has 2 unspecified atom stereocenters. The van der Waals surface area contributed by atoms with E-state index in [0.717, 1.165) is 19.3 Å². The maximum absolute atomic E-state index is 13.4. The topological polar surface area (TPSA) is 65.1 Å². The average molecular weight is 410 g/mol. The quantitative estimate of drug-likeness (QED) is 0.454. The number of methoxy groups -OCH3 is 2. The number of esters is 1. The maximum Gasteiger partial charge on any atom is 0.329 e. The van der Waals surface area contributed by atoms with Crippen LogP contribution in [0.15, 0.2) is 18.2 Å². The van der Waals surface area contributed by atoms with E-state index in [-0.39, 0.29) is 17.3 Å². The molecule has 156 valence electrons. The number of ether oxygens (including phenoxy) is 3. The maximum atomic E-state index is 13.4. The molecule has 0 aliphatic carbocycles. The third-order valence-electron chi connectivity index (χ3n) is 4.65. The van der Waals surface area contributed by atoms with Crippen molar-refractivity contribution in [2.75, 3.05) is 26.6 Å². The first-order chi connectivity index (χ1) is 13.4. The van der Waals surface area contributed by atoms with Gasteiger partial charge in [-0.05, 0) is 30.9 Å². The van der Waals surface area contributed by atoms with Crippen LogP contribution in [0.1, 0.15) is 50.4 Å². The molecule has 0 bridgehead atoms. The Hall–Kier alpha value is -1.89. The number of benzene rings is 1. The minimum Gasteiger partial charge on any atom is -0.497 e. The van der Waals surface area contributed by atoms with Crippen LogP contribution in [-0.2, 0) is 9.53 Å². The summed E-state index contributed by atoms with van der Waals surface area (Å²) in [5.41, 5.74) is 0.422. The Balaban J connectivity index is 2.30. The second-order valence-corrected chi connectivity index (χ2v) is 8.44. The van der Waals surface area contributed by atoms with Gasteiger partial charge in [-0.25, -0.2) is 4.79 Å². The number of nitrogens with zero attached hydrogens (tertiary/aromatic N) is 1. The number of thioether (sulfide) groups is 1. The van der Waals surface area contributed by atoms with Crippen LogP contribution in [0.25, 0.3) is 0 Å². The number of carbonyl (C=O) groups excluding carboxylic acids is 2. The van der Waals surface area contributed by atoms with Crippen molar-refractivity contribution in [3.8, 4) is 11.5 Å². The Morgan fingerprint density at radius 2 is 2.00 bits per heavy atom. The number of hydrogen-bond acceptors (Lipinski definition) is 6. The molecule has 2 atom stereocenters. The first-order valence-corrected chi connectivity index (χ1v) is 10.8. The highest BCUT2D eigenvalue weighted by molar-refractivity contribution is 8.00. The van der Waals surface area contributed by atoms with Gasteiger partial charge in [-0.3, -0.25) is 4.79 Å². The second kappa shape index (κ2) is 10.6. The van der Waals surface area contributed by atoms with Gasteiger partial charge in [-0.2, -0.15) is 0 Å². The van der Waals surface area contributed by atoms with Crippen molar-refractivity contribution in [1.29, 1.82) is 0 Å². The zero-order chi connectivity index (χ0) is 20.7. The van der Waals surface area contributed by atoms with Crippen LogP contribution >= 0.6 is 11.8 Å². The number of unbranched alkanes of at least 4 members (excludes halogenated alkanes) is 1. The Bertz CT molecular complexity index is 679. The molecule has 1 heterocycles. The van der Waals surface area contributed by atoms with E-state index >= 15 is 0 Å². The van der Waals surface area contributed by atoms with Crippen LogP contribution in [0.3, 0.4) is 0 Å². The van der Waals surface area contributed by atoms with Crippen LogP contribution in [0, 0.1) is 5.92 Å². The molecule has 1 aliphatic rings. The minimum atomic E-state index is -0.579. The molecule has 1 amide bonds. The van der Waals surface area contributed by atoms with E-state index in [1.807, 2.05) is 6.92 Å². The van der Waals surface area contributed by atoms with Crippen LogP contribution in [0.5, 0.6) is 11.5 Å². The van der Waals surface area contributed by atoms with Crippen molar-refractivity contribution in [3.05, 3.63) is 23.8 Å². The van der Waals surface area contributed by atoms with E-state index in [2.05, 4.69) is 13.8 Å². The van der Waals surface area contributed by atoms with Gasteiger partial charge in [0, 0.05) is 11.8 Å². The number of carbonyl (C=O) groups is 2. The van der Waals surface area contributed by atoms with Gasteiger partial charge >= 0.3 is 5.97 Å². The van der Waals surface area contributed by atoms with Gasteiger partial charge in [-0.1, -0.05) is 27.2 Å². The van der Waals surface area contributed by atoms with Crippen LogP contribution in [-0.4, -0.2) is 54.8 Å². The lowest BCUT2D eigenvalue weighted by Gasteiger charge is -2.30. The largest absolute Gasteiger partial charge is 0.497 e. The Morgan fingerprint density at radius 1 is 1.25 bits per heavy atom. The zero-order valence-corrected chi connectivity index (χ0v) is 18.2. The molecular weight excluding hydrogens is 378 g/mol. The third kappa shape index (κ3) is 5.34. The fraction of sp³-hybridized carbons (Fsp3) is 0.619. The molecule has 6 nitrogen and oxygen atoms in total. The molecule has 0 N–H and O–H groups in total. The zero-order valence-electron chi connectivity index (χ0n) is 17.4. The van der Waals surface area contributed by atoms with Crippen molar-refractivity contribution >= 4 is 23.6 Å². The van der Waals surface area contributed by atoms with Gasteiger partial charge in [0.05, 0.1) is 31.8 Å². The third-order valence-corrected chi connectivity index (χ3v) is 5.97. The first-order valence-electron chi connectivity index (χ1n) is 9.75. The second-order valence-electron chi connectivity index (χ2n) is 7.23. The molecule has 28 heavy (non-hydrogen) atoms. The van der Waals surface area contributed by atoms with Crippen molar-refractivity contribution in [2.24, 2.45) is 5.92 Å². The van der Waals surface area contributed by atoms with Crippen molar-refractivity contribution < 1.29 is 23.8 Å². The summed E-state index contributed by atoms with van der Waals surface area (Å²) < 4.78 is 16.1. The predicted octanol–water partition coefficient (Wildman–Crippen LogP) is 3.98. The lowest BCUT2D eigenvalue weighted by Crippen LogP contribution is -2.46. The summed E-state index contributed by atoms with van der Waals surface area (Å²) in [5.74, 6) is 1.45. The van der Waals surface area contributed by atoms with E-state index in [1.165, 1.54) is 7.11 Å². The molecule has 0 saturated carbocycles. The smallest absolute Gasteiger partial charge is 0.329 e. The number of rotatable bonds is 9. The van der Waals surface area contributed by atoms with Crippen LogP contribution in [0.4, 0.5) is 0 Å². The number of hydrogen-bond donors (Lipinski definition) is 0. The normalized spacial score (nSPS) is 19.0. The molecule has 1 saturated heterocycles. The molecule has 1 fully saturated rings. The Morgan fingerprint density at radius 3 is 2.61 bits per heavy atom.